The Morgan fingerprint density at radius 1 is 0.977 bits per heavy atom. The largest absolute Gasteiger partial charge is 0.344 e. The van der Waals surface area contributed by atoms with Crippen molar-refractivity contribution in [1.29, 1.82) is 0 Å². The quantitative estimate of drug-likeness (QED) is 0.315. The molecule has 2 aromatic carbocycles. The van der Waals surface area contributed by atoms with Crippen LogP contribution >= 0.6 is 0 Å². The number of aromatic nitrogens is 1. The van der Waals surface area contributed by atoms with E-state index in [1.54, 1.807) is 6.92 Å². The lowest BCUT2D eigenvalue weighted by Gasteiger charge is -2.42. The van der Waals surface area contributed by atoms with E-state index in [1.807, 2.05) is 72.4 Å². The van der Waals surface area contributed by atoms with Crippen LogP contribution in [0.25, 0.3) is 0 Å². The van der Waals surface area contributed by atoms with Crippen LogP contribution in [-0.2, 0) is 6.42 Å². The third-order valence-electron chi connectivity index (χ3n) is 9.02. The number of carbonyl (C=O) groups excluding carboxylic acids is 2. The maximum Gasteiger partial charge on any atom is 0.253 e. The summed E-state index contributed by atoms with van der Waals surface area (Å²) in [5.41, 5.74) is 6.34. The van der Waals surface area contributed by atoms with Crippen LogP contribution in [0, 0.1) is 6.92 Å². The Morgan fingerprint density at radius 3 is 2.40 bits per heavy atom. The number of Topliss-reactive ketones (excluding diaryl/α,β-unsaturated/α-hetero) is 1. The number of ketones is 1. The molecule has 0 aliphatic carbocycles. The maximum absolute atomic E-state index is 13.6. The van der Waals surface area contributed by atoms with Crippen molar-refractivity contribution in [3.8, 4) is 0 Å². The van der Waals surface area contributed by atoms with E-state index in [4.69, 9.17) is 0 Å². The van der Waals surface area contributed by atoms with E-state index in [9.17, 15) is 9.59 Å². The highest BCUT2D eigenvalue weighted by atomic mass is 16.2. The van der Waals surface area contributed by atoms with Gasteiger partial charge in [0, 0.05) is 74.0 Å². The fourth-order valence-corrected chi connectivity index (χ4v) is 6.43. The number of likely N-dealkylation sites (tertiary alicyclic amines) is 1. The van der Waals surface area contributed by atoms with E-state index in [0.717, 1.165) is 85.9 Å². The molecule has 0 unspecified atom stereocenters. The molecule has 2 aliphatic heterocycles. The highest BCUT2D eigenvalue weighted by Crippen LogP contribution is 2.32. The van der Waals surface area contributed by atoms with Crippen molar-refractivity contribution in [2.45, 2.75) is 52.5 Å². The van der Waals surface area contributed by atoms with Crippen molar-refractivity contribution in [2.24, 2.45) is 0 Å². The Kier molecular flexibility index (Phi) is 9.78. The fourth-order valence-electron chi connectivity index (χ4n) is 6.43. The lowest BCUT2D eigenvalue weighted by Crippen LogP contribution is -2.54. The van der Waals surface area contributed by atoms with Gasteiger partial charge in [0.1, 0.15) is 5.82 Å². The van der Waals surface area contributed by atoms with E-state index < -0.39 is 0 Å². The summed E-state index contributed by atoms with van der Waals surface area (Å²) in [5.74, 6) is 0.869. The molecular weight excluding hydrogens is 536 g/mol. The number of rotatable bonds is 9. The van der Waals surface area contributed by atoms with Gasteiger partial charge in [0.15, 0.2) is 5.78 Å². The van der Waals surface area contributed by atoms with Gasteiger partial charge in [0.25, 0.3) is 5.91 Å². The highest BCUT2D eigenvalue weighted by Gasteiger charge is 2.28. The lowest BCUT2D eigenvalue weighted by atomic mass is 10.0. The first-order valence-corrected chi connectivity index (χ1v) is 15.7. The smallest absolute Gasteiger partial charge is 0.253 e. The summed E-state index contributed by atoms with van der Waals surface area (Å²) in [6, 6.07) is 16.3. The SMILES string of the molecule is CCCc1cc(C(=O)N2CCN(C3CCN(C)CC3)CC2)ccc1Nc1cc(N(C)c2ccccc2C(C)=O)c(C)cn1. The highest BCUT2D eigenvalue weighted by molar-refractivity contribution is 6.00. The van der Waals surface area contributed by atoms with Crippen molar-refractivity contribution in [3.63, 3.8) is 0 Å². The van der Waals surface area contributed by atoms with Gasteiger partial charge in [-0.3, -0.25) is 14.5 Å². The zero-order valence-electron chi connectivity index (χ0n) is 26.4. The van der Waals surface area contributed by atoms with Crippen LogP contribution in [-0.4, -0.2) is 90.8 Å². The van der Waals surface area contributed by atoms with Crippen molar-refractivity contribution in [2.75, 3.05) is 63.6 Å². The standard InChI is InChI=1S/C35H46N6O2/c1-6-9-27-22-28(35(43)41-20-18-40(19-21-41)29-14-16-38(4)17-15-29)12-13-31(27)37-34-23-33(25(2)24-36-34)39(5)32-11-8-7-10-30(32)26(3)42/h7-8,10-13,22-24,29H,6,9,14-21H2,1-5H3,(H,36,37). The second-order valence-electron chi connectivity index (χ2n) is 12.1. The van der Waals surface area contributed by atoms with Gasteiger partial charge in [-0.05, 0) is 94.7 Å². The molecule has 2 aliphatic rings. The molecule has 2 fully saturated rings. The van der Waals surface area contributed by atoms with Crippen LogP contribution in [0.1, 0.15) is 65.0 Å². The van der Waals surface area contributed by atoms with Crippen LogP contribution in [0.3, 0.4) is 0 Å². The van der Waals surface area contributed by atoms with E-state index in [1.165, 1.54) is 12.8 Å². The predicted octanol–water partition coefficient (Wildman–Crippen LogP) is 5.91. The van der Waals surface area contributed by atoms with Gasteiger partial charge < -0.3 is 20.0 Å². The summed E-state index contributed by atoms with van der Waals surface area (Å²) >= 11 is 0. The Hall–Kier alpha value is -3.75. The molecule has 2 saturated heterocycles. The third kappa shape index (κ3) is 7.08. The Morgan fingerprint density at radius 2 is 1.70 bits per heavy atom. The molecule has 0 atom stereocenters. The first-order valence-electron chi connectivity index (χ1n) is 15.7. The monoisotopic (exact) mass is 582 g/mol. The number of nitrogens with one attached hydrogen (secondary N) is 1. The van der Waals surface area contributed by atoms with Gasteiger partial charge in [-0.25, -0.2) is 4.98 Å². The van der Waals surface area contributed by atoms with Crippen LogP contribution in [0.15, 0.2) is 54.7 Å². The fraction of sp³-hybridized carbons (Fsp3) is 0.457. The normalized spacial score (nSPS) is 16.7. The minimum atomic E-state index is 0.0329. The van der Waals surface area contributed by atoms with E-state index in [-0.39, 0.29) is 11.7 Å². The molecule has 0 bridgehead atoms. The number of amides is 1. The number of hydrogen-bond donors (Lipinski definition) is 1. The molecule has 3 aromatic rings. The molecule has 3 heterocycles. The van der Waals surface area contributed by atoms with Gasteiger partial charge >= 0.3 is 0 Å². The van der Waals surface area contributed by atoms with Crippen molar-refractivity contribution in [1.82, 2.24) is 19.7 Å². The number of hydrogen-bond acceptors (Lipinski definition) is 7. The molecule has 0 radical (unpaired) electrons. The Labute approximate surface area is 256 Å². The number of pyridine rings is 1. The second-order valence-corrected chi connectivity index (χ2v) is 12.1. The van der Waals surface area contributed by atoms with Gasteiger partial charge in [-0.2, -0.15) is 0 Å². The van der Waals surface area contributed by atoms with Crippen LogP contribution in [0.4, 0.5) is 22.9 Å². The number of nitrogens with zero attached hydrogens (tertiary/aromatic N) is 5. The number of para-hydroxylation sites is 1. The number of aryl methyl sites for hydroxylation is 2. The van der Waals surface area contributed by atoms with Crippen LogP contribution in [0.5, 0.6) is 0 Å². The molecule has 1 N–H and O–H groups in total. The van der Waals surface area contributed by atoms with Crippen molar-refractivity contribution >= 4 is 34.6 Å². The molecule has 8 nitrogen and oxygen atoms in total. The number of carbonyl (C=O) groups is 2. The maximum atomic E-state index is 13.6. The zero-order chi connectivity index (χ0) is 30.5. The average molecular weight is 583 g/mol. The minimum Gasteiger partial charge on any atom is -0.344 e. The van der Waals surface area contributed by atoms with Crippen LogP contribution in [0.2, 0.25) is 0 Å². The number of anilines is 4. The molecule has 1 amide bonds. The molecule has 1 aromatic heterocycles. The first-order chi connectivity index (χ1) is 20.7. The third-order valence-corrected chi connectivity index (χ3v) is 9.02. The predicted molar refractivity (Wildman–Crippen MR) is 175 cm³/mol. The summed E-state index contributed by atoms with van der Waals surface area (Å²) in [6.45, 7) is 11.6. The topological polar surface area (TPSA) is 72.0 Å². The van der Waals surface area contributed by atoms with Gasteiger partial charge in [-0.15, -0.1) is 0 Å². The first kappa shape index (κ1) is 30.7. The summed E-state index contributed by atoms with van der Waals surface area (Å²) in [4.78, 5) is 39.6. The summed E-state index contributed by atoms with van der Waals surface area (Å²) in [6.07, 6.45) is 6.13. The summed E-state index contributed by atoms with van der Waals surface area (Å²) < 4.78 is 0. The molecule has 0 saturated carbocycles. The van der Waals surface area contributed by atoms with E-state index in [0.29, 0.717) is 17.4 Å². The summed E-state index contributed by atoms with van der Waals surface area (Å²) in [5, 5.41) is 3.52. The molecule has 43 heavy (non-hydrogen) atoms. The van der Waals surface area contributed by atoms with Gasteiger partial charge in [0.2, 0.25) is 0 Å². The minimum absolute atomic E-state index is 0.0329. The average Bonchev–Trinajstić information content (AvgIpc) is 3.02. The Bertz CT molecular complexity index is 1440. The van der Waals surface area contributed by atoms with Gasteiger partial charge in [-0.1, -0.05) is 25.5 Å². The number of benzene rings is 2. The van der Waals surface area contributed by atoms with Crippen molar-refractivity contribution in [3.05, 3.63) is 77.0 Å². The number of piperazine rings is 1. The zero-order valence-corrected chi connectivity index (χ0v) is 26.4. The molecule has 8 heteroatoms. The van der Waals surface area contributed by atoms with E-state index in [2.05, 4.69) is 40.1 Å². The van der Waals surface area contributed by atoms with Crippen molar-refractivity contribution < 1.29 is 9.59 Å². The van der Waals surface area contributed by atoms with E-state index >= 15 is 0 Å². The Balaban J connectivity index is 1.30. The molecule has 228 valence electrons. The number of piperidine rings is 1. The molecular formula is C35H46N6O2. The molecule has 5 rings (SSSR count). The van der Waals surface area contributed by atoms with Crippen LogP contribution < -0.4 is 10.2 Å². The lowest BCUT2D eigenvalue weighted by molar-refractivity contribution is 0.0475. The molecule has 0 spiro atoms. The summed E-state index contributed by atoms with van der Waals surface area (Å²) in [7, 11) is 4.18. The second kappa shape index (κ2) is 13.7. The van der Waals surface area contributed by atoms with Gasteiger partial charge in [0.05, 0.1) is 5.69 Å².